The minimum absolute atomic E-state index is 0.0445. The molecule has 7 nitrogen and oxygen atoms in total. The first-order chi connectivity index (χ1) is 13.7. The Hall–Kier alpha value is -2.25. The quantitative estimate of drug-likeness (QED) is 0.659. The summed E-state index contributed by atoms with van der Waals surface area (Å²) in [6.45, 7) is 5.86. The molecule has 2 aliphatic rings. The van der Waals surface area contributed by atoms with Crippen LogP contribution < -0.4 is 0 Å². The predicted molar refractivity (Wildman–Crippen MR) is 111 cm³/mol. The lowest BCUT2D eigenvalue weighted by Crippen LogP contribution is -2.50. The molecule has 1 aromatic carbocycles. The number of amides is 3. The zero-order valence-electron chi connectivity index (χ0n) is 18.0. The lowest BCUT2D eigenvalue weighted by molar-refractivity contribution is -0.143. The van der Waals surface area contributed by atoms with E-state index < -0.39 is 5.41 Å². The average molecular weight is 401 g/mol. The second-order valence-corrected chi connectivity index (χ2v) is 8.59. The summed E-state index contributed by atoms with van der Waals surface area (Å²) in [6.07, 6.45) is 0.105. The van der Waals surface area contributed by atoms with Crippen LogP contribution in [0.1, 0.15) is 24.0 Å². The smallest absolute Gasteiger partial charge is 0.240 e. The predicted octanol–water partition coefficient (Wildman–Crippen LogP) is 0.717. The monoisotopic (exact) mass is 400 g/mol. The first-order valence-electron chi connectivity index (χ1n) is 10.3. The minimum atomic E-state index is -1.10. The maximum Gasteiger partial charge on any atom is 0.240 e. The number of rotatable bonds is 6. The normalized spacial score (nSPS) is 23.3. The molecule has 1 unspecified atom stereocenters. The number of piperazine rings is 1. The maximum absolute atomic E-state index is 13.6. The van der Waals surface area contributed by atoms with Gasteiger partial charge in [0.05, 0.1) is 5.41 Å². The molecule has 3 rings (SSSR count). The van der Waals surface area contributed by atoms with E-state index in [4.69, 9.17) is 0 Å². The van der Waals surface area contributed by atoms with Gasteiger partial charge in [-0.25, -0.2) is 0 Å². The van der Waals surface area contributed by atoms with Crippen LogP contribution in [0.3, 0.4) is 0 Å². The Morgan fingerprint density at radius 1 is 1.10 bits per heavy atom. The van der Waals surface area contributed by atoms with E-state index in [1.807, 2.05) is 62.1 Å². The van der Waals surface area contributed by atoms with Crippen molar-refractivity contribution in [3.8, 4) is 0 Å². The standard InChI is InChI=1S/C22H32N4O3/c1-17-7-5-6-8-18(17)22(15-19(27)25-12-10-24(4)11-13-25)16-20(28)26(21(22)29)14-9-23(2)3/h5-8H,9-16H2,1-4H3. The van der Waals surface area contributed by atoms with E-state index in [1.54, 1.807) is 0 Å². The van der Waals surface area contributed by atoms with Gasteiger partial charge in [-0.3, -0.25) is 19.3 Å². The van der Waals surface area contributed by atoms with Crippen LogP contribution in [0.25, 0.3) is 0 Å². The highest BCUT2D eigenvalue weighted by Gasteiger charge is 2.54. The Morgan fingerprint density at radius 3 is 2.38 bits per heavy atom. The number of hydrogen-bond acceptors (Lipinski definition) is 5. The van der Waals surface area contributed by atoms with Gasteiger partial charge in [-0.2, -0.15) is 0 Å². The number of likely N-dealkylation sites (N-methyl/N-ethyl adjacent to an activating group) is 2. The van der Waals surface area contributed by atoms with Crippen LogP contribution >= 0.6 is 0 Å². The molecule has 0 aliphatic carbocycles. The second kappa shape index (κ2) is 8.63. The van der Waals surface area contributed by atoms with Crippen molar-refractivity contribution in [2.24, 2.45) is 0 Å². The molecule has 1 atom stereocenters. The van der Waals surface area contributed by atoms with Gasteiger partial charge < -0.3 is 14.7 Å². The molecule has 29 heavy (non-hydrogen) atoms. The van der Waals surface area contributed by atoms with E-state index in [9.17, 15) is 14.4 Å². The molecule has 2 fully saturated rings. The van der Waals surface area contributed by atoms with Crippen LogP contribution in [0.2, 0.25) is 0 Å². The van der Waals surface area contributed by atoms with Gasteiger partial charge in [0.25, 0.3) is 0 Å². The molecule has 0 N–H and O–H groups in total. The molecule has 3 amide bonds. The number of carbonyl (C=O) groups is 3. The highest BCUT2D eigenvalue weighted by atomic mass is 16.2. The molecule has 0 aromatic heterocycles. The van der Waals surface area contributed by atoms with E-state index in [-0.39, 0.29) is 30.6 Å². The van der Waals surface area contributed by atoms with Crippen LogP contribution in [-0.2, 0) is 19.8 Å². The molecular formula is C22H32N4O3. The third-order valence-corrected chi connectivity index (χ3v) is 6.15. The number of carbonyl (C=O) groups excluding carboxylic acids is 3. The summed E-state index contributed by atoms with van der Waals surface area (Å²) in [5, 5.41) is 0. The summed E-state index contributed by atoms with van der Waals surface area (Å²) in [6, 6.07) is 7.63. The van der Waals surface area contributed by atoms with Crippen molar-refractivity contribution in [2.75, 3.05) is 60.4 Å². The summed E-state index contributed by atoms with van der Waals surface area (Å²) in [7, 11) is 5.87. The van der Waals surface area contributed by atoms with Crippen molar-refractivity contribution in [1.82, 2.24) is 19.6 Å². The summed E-state index contributed by atoms with van der Waals surface area (Å²) in [5.41, 5.74) is 0.636. The zero-order chi connectivity index (χ0) is 21.2. The number of aryl methyl sites for hydroxylation is 1. The number of benzene rings is 1. The van der Waals surface area contributed by atoms with Crippen LogP contribution in [0.15, 0.2) is 24.3 Å². The van der Waals surface area contributed by atoms with E-state index in [0.717, 1.165) is 24.2 Å². The Morgan fingerprint density at radius 2 is 1.76 bits per heavy atom. The van der Waals surface area contributed by atoms with Gasteiger partial charge >= 0.3 is 0 Å². The van der Waals surface area contributed by atoms with Gasteiger partial charge in [0.1, 0.15) is 0 Å². The summed E-state index contributed by atoms with van der Waals surface area (Å²) < 4.78 is 0. The van der Waals surface area contributed by atoms with E-state index in [1.165, 1.54) is 4.90 Å². The molecule has 7 heteroatoms. The Bertz CT molecular complexity index is 786. The third-order valence-electron chi connectivity index (χ3n) is 6.15. The van der Waals surface area contributed by atoms with Crippen molar-refractivity contribution in [2.45, 2.75) is 25.2 Å². The summed E-state index contributed by atoms with van der Waals surface area (Å²) in [5.74, 6) is -0.468. The van der Waals surface area contributed by atoms with Gasteiger partial charge in [-0.1, -0.05) is 24.3 Å². The van der Waals surface area contributed by atoms with Crippen molar-refractivity contribution >= 4 is 17.7 Å². The molecule has 2 heterocycles. The topological polar surface area (TPSA) is 64.2 Å². The fourth-order valence-corrected chi connectivity index (χ4v) is 4.31. The summed E-state index contributed by atoms with van der Waals surface area (Å²) >= 11 is 0. The SMILES string of the molecule is Cc1ccccc1C1(CC(=O)N2CCN(C)CC2)CC(=O)N(CCN(C)C)C1=O. The number of imide groups is 1. The highest BCUT2D eigenvalue weighted by Crippen LogP contribution is 2.41. The molecule has 0 bridgehead atoms. The fourth-order valence-electron chi connectivity index (χ4n) is 4.31. The molecule has 0 saturated carbocycles. The van der Waals surface area contributed by atoms with Crippen LogP contribution in [-0.4, -0.2) is 97.7 Å². The van der Waals surface area contributed by atoms with Crippen LogP contribution in [0.4, 0.5) is 0 Å². The van der Waals surface area contributed by atoms with E-state index in [0.29, 0.717) is 26.2 Å². The Balaban J connectivity index is 1.92. The van der Waals surface area contributed by atoms with Gasteiger partial charge in [-0.05, 0) is 39.2 Å². The van der Waals surface area contributed by atoms with Crippen molar-refractivity contribution in [1.29, 1.82) is 0 Å². The van der Waals surface area contributed by atoms with Crippen LogP contribution in [0.5, 0.6) is 0 Å². The van der Waals surface area contributed by atoms with Gasteiger partial charge in [0, 0.05) is 52.1 Å². The molecule has 0 radical (unpaired) electrons. The first kappa shape index (κ1) is 21.5. The van der Waals surface area contributed by atoms with Crippen LogP contribution in [0, 0.1) is 6.92 Å². The fraction of sp³-hybridized carbons (Fsp3) is 0.591. The Labute approximate surface area is 173 Å². The van der Waals surface area contributed by atoms with Crippen molar-refractivity contribution in [3.05, 3.63) is 35.4 Å². The largest absolute Gasteiger partial charge is 0.340 e. The highest BCUT2D eigenvalue weighted by molar-refractivity contribution is 6.11. The molecule has 1 aromatic rings. The van der Waals surface area contributed by atoms with Gasteiger partial charge in [0.2, 0.25) is 17.7 Å². The summed E-state index contributed by atoms with van der Waals surface area (Å²) in [4.78, 5) is 46.9. The zero-order valence-corrected chi connectivity index (χ0v) is 18.0. The first-order valence-corrected chi connectivity index (χ1v) is 10.3. The number of nitrogens with zero attached hydrogens (tertiary/aromatic N) is 4. The van der Waals surface area contributed by atoms with Gasteiger partial charge in [0.15, 0.2) is 0 Å². The van der Waals surface area contributed by atoms with Gasteiger partial charge in [-0.15, -0.1) is 0 Å². The molecule has 2 aliphatic heterocycles. The maximum atomic E-state index is 13.6. The molecule has 158 valence electrons. The van der Waals surface area contributed by atoms with E-state index >= 15 is 0 Å². The lowest BCUT2D eigenvalue weighted by Gasteiger charge is -2.35. The average Bonchev–Trinajstić information content (AvgIpc) is 2.91. The number of hydrogen-bond donors (Lipinski definition) is 0. The molecule has 0 spiro atoms. The molecular weight excluding hydrogens is 368 g/mol. The van der Waals surface area contributed by atoms with Crippen molar-refractivity contribution < 1.29 is 14.4 Å². The molecule has 2 saturated heterocycles. The minimum Gasteiger partial charge on any atom is -0.340 e. The third kappa shape index (κ3) is 4.36. The second-order valence-electron chi connectivity index (χ2n) is 8.59. The number of likely N-dealkylation sites (tertiary alicyclic amines) is 1. The van der Waals surface area contributed by atoms with E-state index in [2.05, 4.69) is 4.90 Å². The Kier molecular flexibility index (Phi) is 6.39. The lowest BCUT2D eigenvalue weighted by atomic mass is 9.74. The van der Waals surface area contributed by atoms with Crippen molar-refractivity contribution in [3.63, 3.8) is 0 Å².